The van der Waals surface area contributed by atoms with E-state index in [0.29, 0.717) is 13.0 Å². The third-order valence-electron chi connectivity index (χ3n) is 4.92. The SMILES string of the molecule is CCc1oc(C(N)=O)cc1Cn1ccc(-c2cccc(-c3ccncc3C)c2)n1. The Morgan fingerprint density at radius 1 is 1.17 bits per heavy atom. The number of benzene rings is 1. The summed E-state index contributed by atoms with van der Waals surface area (Å²) in [6.07, 6.45) is 6.29. The fourth-order valence-electron chi connectivity index (χ4n) is 3.44. The number of hydrogen-bond donors (Lipinski definition) is 1. The van der Waals surface area contributed by atoms with Crippen LogP contribution in [0.2, 0.25) is 0 Å². The number of furan rings is 1. The van der Waals surface area contributed by atoms with Crippen LogP contribution in [0.25, 0.3) is 22.4 Å². The minimum Gasteiger partial charge on any atom is -0.456 e. The summed E-state index contributed by atoms with van der Waals surface area (Å²) in [5.41, 5.74) is 11.6. The van der Waals surface area contributed by atoms with Crippen molar-refractivity contribution in [2.24, 2.45) is 5.73 Å². The fraction of sp³-hybridized carbons (Fsp3) is 0.174. The number of carbonyl (C=O) groups is 1. The molecule has 0 aliphatic carbocycles. The molecule has 0 saturated heterocycles. The molecular formula is C23H22N4O2. The van der Waals surface area contributed by atoms with Gasteiger partial charge in [0.15, 0.2) is 5.76 Å². The molecule has 0 spiro atoms. The molecule has 0 aliphatic rings. The number of rotatable bonds is 6. The van der Waals surface area contributed by atoms with Crippen molar-refractivity contribution in [3.8, 4) is 22.4 Å². The monoisotopic (exact) mass is 386 g/mol. The van der Waals surface area contributed by atoms with Gasteiger partial charge in [-0.05, 0) is 47.9 Å². The average molecular weight is 386 g/mol. The third-order valence-corrected chi connectivity index (χ3v) is 4.92. The Morgan fingerprint density at radius 2 is 2.00 bits per heavy atom. The highest BCUT2D eigenvalue weighted by Gasteiger charge is 2.14. The summed E-state index contributed by atoms with van der Waals surface area (Å²) in [6.45, 7) is 4.55. The zero-order valence-electron chi connectivity index (χ0n) is 16.4. The number of pyridine rings is 1. The van der Waals surface area contributed by atoms with Gasteiger partial charge in [0.2, 0.25) is 0 Å². The zero-order chi connectivity index (χ0) is 20.4. The highest BCUT2D eigenvalue weighted by atomic mass is 16.3. The predicted molar refractivity (Wildman–Crippen MR) is 111 cm³/mol. The molecule has 0 aliphatic heterocycles. The summed E-state index contributed by atoms with van der Waals surface area (Å²) < 4.78 is 7.39. The third kappa shape index (κ3) is 3.82. The molecular weight excluding hydrogens is 364 g/mol. The summed E-state index contributed by atoms with van der Waals surface area (Å²) in [6, 6.07) is 14.0. The van der Waals surface area contributed by atoms with Crippen LogP contribution in [0.1, 0.15) is 34.4 Å². The maximum atomic E-state index is 11.4. The Balaban J connectivity index is 1.61. The molecule has 4 aromatic rings. The predicted octanol–water partition coefficient (Wildman–Crippen LogP) is 4.22. The van der Waals surface area contributed by atoms with Crippen molar-refractivity contribution < 1.29 is 9.21 Å². The van der Waals surface area contributed by atoms with E-state index in [2.05, 4.69) is 24.0 Å². The van der Waals surface area contributed by atoms with E-state index in [-0.39, 0.29) is 5.76 Å². The van der Waals surface area contributed by atoms with Crippen molar-refractivity contribution in [3.05, 3.63) is 83.7 Å². The molecule has 6 nitrogen and oxygen atoms in total. The Labute approximate surface area is 169 Å². The lowest BCUT2D eigenvalue weighted by Crippen LogP contribution is -2.09. The van der Waals surface area contributed by atoms with Crippen LogP contribution in [0.3, 0.4) is 0 Å². The van der Waals surface area contributed by atoms with E-state index in [9.17, 15) is 4.79 Å². The molecule has 3 aromatic heterocycles. The average Bonchev–Trinajstić information content (AvgIpc) is 3.36. The van der Waals surface area contributed by atoms with Gasteiger partial charge >= 0.3 is 0 Å². The van der Waals surface area contributed by atoms with Crippen LogP contribution in [0, 0.1) is 6.92 Å². The number of hydrogen-bond acceptors (Lipinski definition) is 4. The first-order chi connectivity index (χ1) is 14.0. The molecule has 1 amide bonds. The summed E-state index contributed by atoms with van der Waals surface area (Å²) >= 11 is 0. The van der Waals surface area contributed by atoms with Gasteiger partial charge in [0.1, 0.15) is 5.76 Å². The molecule has 0 fully saturated rings. The molecule has 146 valence electrons. The lowest BCUT2D eigenvalue weighted by atomic mass is 10.00. The van der Waals surface area contributed by atoms with E-state index >= 15 is 0 Å². The van der Waals surface area contributed by atoms with E-state index in [1.165, 1.54) is 0 Å². The van der Waals surface area contributed by atoms with Crippen LogP contribution in [-0.4, -0.2) is 20.7 Å². The maximum Gasteiger partial charge on any atom is 0.284 e. The molecule has 2 N–H and O–H groups in total. The number of amides is 1. The maximum absolute atomic E-state index is 11.4. The van der Waals surface area contributed by atoms with Gasteiger partial charge < -0.3 is 10.2 Å². The van der Waals surface area contributed by atoms with Crippen LogP contribution < -0.4 is 5.73 Å². The van der Waals surface area contributed by atoms with Crippen molar-refractivity contribution in [3.63, 3.8) is 0 Å². The second-order valence-electron chi connectivity index (χ2n) is 6.95. The smallest absolute Gasteiger partial charge is 0.284 e. The van der Waals surface area contributed by atoms with Gasteiger partial charge in [-0.3, -0.25) is 14.5 Å². The van der Waals surface area contributed by atoms with Gasteiger partial charge in [0.05, 0.1) is 12.2 Å². The number of primary amides is 1. The standard InChI is InChI=1S/C23H22N4O2/c1-3-21-18(12-22(29-21)23(24)28)14-27-10-8-20(26-27)17-6-4-5-16(11-17)19-7-9-25-13-15(19)2/h4-13H,3,14H2,1-2H3,(H2,24,28). The minimum absolute atomic E-state index is 0.185. The van der Waals surface area contributed by atoms with Crippen LogP contribution in [0.4, 0.5) is 0 Å². The van der Waals surface area contributed by atoms with Gasteiger partial charge in [0, 0.05) is 36.1 Å². The molecule has 3 heterocycles. The lowest BCUT2D eigenvalue weighted by Gasteiger charge is -2.07. The summed E-state index contributed by atoms with van der Waals surface area (Å²) in [5, 5.41) is 4.71. The fourth-order valence-corrected chi connectivity index (χ4v) is 3.44. The number of aryl methyl sites for hydroxylation is 2. The summed E-state index contributed by atoms with van der Waals surface area (Å²) in [4.78, 5) is 15.6. The van der Waals surface area contributed by atoms with Crippen LogP contribution in [-0.2, 0) is 13.0 Å². The summed E-state index contributed by atoms with van der Waals surface area (Å²) in [5.74, 6) is 0.381. The topological polar surface area (TPSA) is 86.9 Å². The minimum atomic E-state index is -0.560. The van der Waals surface area contributed by atoms with Crippen molar-refractivity contribution in [1.82, 2.24) is 14.8 Å². The van der Waals surface area contributed by atoms with E-state index < -0.39 is 5.91 Å². The largest absolute Gasteiger partial charge is 0.456 e. The van der Waals surface area contributed by atoms with E-state index in [1.807, 2.05) is 48.3 Å². The van der Waals surface area contributed by atoms with Gasteiger partial charge in [-0.2, -0.15) is 5.10 Å². The molecule has 0 bridgehead atoms. The van der Waals surface area contributed by atoms with Gasteiger partial charge in [-0.25, -0.2) is 0 Å². The van der Waals surface area contributed by atoms with Crippen molar-refractivity contribution >= 4 is 5.91 Å². The molecule has 0 atom stereocenters. The number of carbonyl (C=O) groups excluding carboxylic acids is 1. The normalized spacial score (nSPS) is 11.0. The van der Waals surface area contributed by atoms with Crippen LogP contribution >= 0.6 is 0 Å². The van der Waals surface area contributed by atoms with Gasteiger partial charge in [0.25, 0.3) is 5.91 Å². The Kier molecular flexibility index (Phi) is 4.99. The van der Waals surface area contributed by atoms with Crippen molar-refractivity contribution in [1.29, 1.82) is 0 Å². The molecule has 0 radical (unpaired) electrons. The van der Waals surface area contributed by atoms with Crippen LogP contribution in [0.15, 0.2) is 65.5 Å². The summed E-state index contributed by atoms with van der Waals surface area (Å²) in [7, 11) is 0. The molecule has 6 heteroatoms. The highest BCUT2D eigenvalue weighted by molar-refractivity contribution is 5.90. The first-order valence-corrected chi connectivity index (χ1v) is 9.51. The molecule has 29 heavy (non-hydrogen) atoms. The van der Waals surface area contributed by atoms with Gasteiger partial charge in [-0.15, -0.1) is 0 Å². The van der Waals surface area contributed by atoms with E-state index in [1.54, 1.807) is 12.3 Å². The molecule has 4 rings (SSSR count). The number of aromatic nitrogens is 3. The molecule has 1 aromatic carbocycles. The molecule has 0 unspecified atom stereocenters. The van der Waals surface area contributed by atoms with E-state index in [4.69, 9.17) is 15.2 Å². The number of nitrogens with two attached hydrogens (primary N) is 1. The number of nitrogens with zero attached hydrogens (tertiary/aromatic N) is 3. The Morgan fingerprint density at radius 3 is 2.76 bits per heavy atom. The van der Waals surface area contributed by atoms with Gasteiger partial charge in [-0.1, -0.05) is 25.1 Å². The first-order valence-electron chi connectivity index (χ1n) is 9.51. The Hall–Kier alpha value is -3.67. The zero-order valence-corrected chi connectivity index (χ0v) is 16.4. The second kappa shape index (κ2) is 7.75. The highest BCUT2D eigenvalue weighted by Crippen LogP contribution is 2.27. The lowest BCUT2D eigenvalue weighted by molar-refractivity contribution is 0.0972. The quantitative estimate of drug-likeness (QED) is 0.537. The second-order valence-corrected chi connectivity index (χ2v) is 6.95. The van der Waals surface area contributed by atoms with Crippen LogP contribution in [0.5, 0.6) is 0 Å². The molecule has 0 saturated carbocycles. The van der Waals surface area contributed by atoms with Crippen molar-refractivity contribution in [2.75, 3.05) is 0 Å². The Bertz CT molecular complexity index is 1170. The van der Waals surface area contributed by atoms with E-state index in [0.717, 1.165) is 39.3 Å². The first kappa shape index (κ1) is 18.7. The van der Waals surface area contributed by atoms with Crippen molar-refractivity contribution in [2.45, 2.75) is 26.8 Å².